The number of ether oxygens (including phenoxy) is 1. The van der Waals surface area contributed by atoms with Crippen LogP contribution in [0.25, 0.3) is 0 Å². The molecule has 2 rings (SSSR count). The van der Waals surface area contributed by atoms with Gasteiger partial charge in [0.2, 0.25) is 5.89 Å². The predicted molar refractivity (Wildman–Crippen MR) is 55.8 cm³/mol. The molecule has 5 heteroatoms. The molecule has 0 amide bonds. The molecular weight excluding hydrogens is 208 g/mol. The van der Waals surface area contributed by atoms with Crippen molar-refractivity contribution in [3.8, 4) is 0 Å². The molecule has 16 heavy (non-hydrogen) atoms. The van der Waals surface area contributed by atoms with Crippen molar-refractivity contribution in [1.29, 1.82) is 0 Å². The molecule has 0 unspecified atom stereocenters. The second-order valence-electron chi connectivity index (χ2n) is 4.69. The zero-order valence-electron chi connectivity index (χ0n) is 9.82. The van der Waals surface area contributed by atoms with Crippen LogP contribution in [0.1, 0.15) is 38.4 Å². The first kappa shape index (κ1) is 11.1. The normalized spacial score (nSPS) is 17.5. The van der Waals surface area contributed by atoms with Gasteiger partial charge in [-0.1, -0.05) is 19.0 Å². The van der Waals surface area contributed by atoms with Gasteiger partial charge < -0.3 is 9.26 Å². The van der Waals surface area contributed by atoms with Gasteiger partial charge in [-0.2, -0.15) is 4.98 Å². The zero-order valence-corrected chi connectivity index (χ0v) is 9.82. The summed E-state index contributed by atoms with van der Waals surface area (Å²) in [4.78, 5) is 15.9. The van der Waals surface area contributed by atoms with Gasteiger partial charge >= 0.3 is 5.97 Å². The Bertz CT molecular complexity index is 394. The van der Waals surface area contributed by atoms with E-state index in [1.807, 2.05) is 0 Å². The van der Waals surface area contributed by atoms with Crippen molar-refractivity contribution in [2.45, 2.75) is 38.5 Å². The van der Waals surface area contributed by atoms with E-state index >= 15 is 0 Å². The molecule has 0 saturated heterocycles. The SMILES string of the molecule is COC(=O)C1(c2nc(CC(C)C)no2)CC1. The van der Waals surface area contributed by atoms with Crippen LogP contribution < -0.4 is 0 Å². The standard InChI is InChI=1S/C11H16N2O3/c1-7(2)6-8-12-9(16-13-8)11(4-5-11)10(14)15-3/h7H,4-6H2,1-3H3. The molecule has 1 saturated carbocycles. The number of nitrogens with zero attached hydrogens (tertiary/aromatic N) is 2. The summed E-state index contributed by atoms with van der Waals surface area (Å²) in [6.07, 6.45) is 2.24. The molecule has 0 N–H and O–H groups in total. The summed E-state index contributed by atoms with van der Waals surface area (Å²) in [5, 5.41) is 3.89. The lowest BCUT2D eigenvalue weighted by molar-refractivity contribution is -0.144. The summed E-state index contributed by atoms with van der Waals surface area (Å²) in [6.45, 7) is 4.17. The molecular formula is C11H16N2O3. The molecule has 0 aromatic carbocycles. The molecule has 1 aliphatic carbocycles. The van der Waals surface area contributed by atoms with Gasteiger partial charge in [0.15, 0.2) is 5.82 Å². The Morgan fingerprint density at radius 2 is 2.25 bits per heavy atom. The van der Waals surface area contributed by atoms with Crippen LogP contribution in [0.3, 0.4) is 0 Å². The second kappa shape index (κ2) is 3.88. The molecule has 0 bridgehead atoms. The molecule has 0 atom stereocenters. The van der Waals surface area contributed by atoms with E-state index in [4.69, 9.17) is 9.26 Å². The maximum atomic E-state index is 11.6. The maximum absolute atomic E-state index is 11.6. The van der Waals surface area contributed by atoms with E-state index in [2.05, 4.69) is 24.0 Å². The largest absolute Gasteiger partial charge is 0.468 e. The molecule has 88 valence electrons. The number of methoxy groups -OCH3 is 1. The predicted octanol–water partition coefficient (Wildman–Crippen LogP) is 1.47. The van der Waals surface area contributed by atoms with E-state index in [0.29, 0.717) is 17.6 Å². The van der Waals surface area contributed by atoms with E-state index in [1.54, 1.807) is 0 Å². The first-order valence-electron chi connectivity index (χ1n) is 5.50. The molecule has 1 fully saturated rings. The van der Waals surface area contributed by atoms with E-state index in [-0.39, 0.29) is 5.97 Å². The van der Waals surface area contributed by atoms with Crippen LogP contribution in [-0.2, 0) is 21.4 Å². The van der Waals surface area contributed by atoms with Gasteiger partial charge in [-0.3, -0.25) is 4.79 Å². The van der Waals surface area contributed by atoms with Gasteiger partial charge in [-0.15, -0.1) is 0 Å². The van der Waals surface area contributed by atoms with Crippen LogP contribution in [0.2, 0.25) is 0 Å². The molecule has 1 aromatic rings. The lowest BCUT2D eigenvalue weighted by Gasteiger charge is -2.05. The number of esters is 1. The number of hydrogen-bond donors (Lipinski definition) is 0. The van der Waals surface area contributed by atoms with Crippen LogP contribution in [0.4, 0.5) is 0 Å². The summed E-state index contributed by atoms with van der Waals surface area (Å²) in [6, 6.07) is 0. The van der Waals surface area contributed by atoms with Crippen molar-refractivity contribution in [3.05, 3.63) is 11.7 Å². The van der Waals surface area contributed by atoms with E-state index in [0.717, 1.165) is 19.3 Å². The van der Waals surface area contributed by atoms with Gasteiger partial charge in [0, 0.05) is 6.42 Å². The highest BCUT2D eigenvalue weighted by atomic mass is 16.5. The number of rotatable bonds is 4. The fourth-order valence-electron chi connectivity index (χ4n) is 1.72. The topological polar surface area (TPSA) is 65.2 Å². The molecule has 0 spiro atoms. The van der Waals surface area contributed by atoms with Crippen LogP contribution in [0.5, 0.6) is 0 Å². The third-order valence-electron chi connectivity index (χ3n) is 2.79. The highest BCUT2D eigenvalue weighted by molar-refractivity contribution is 5.85. The lowest BCUT2D eigenvalue weighted by Crippen LogP contribution is -2.22. The Morgan fingerprint density at radius 1 is 1.56 bits per heavy atom. The smallest absolute Gasteiger partial charge is 0.321 e. The van der Waals surface area contributed by atoms with E-state index in [9.17, 15) is 4.79 Å². The van der Waals surface area contributed by atoms with Crippen molar-refractivity contribution in [1.82, 2.24) is 10.1 Å². The summed E-state index contributed by atoms with van der Waals surface area (Å²) in [5.41, 5.74) is -0.642. The lowest BCUT2D eigenvalue weighted by atomic mass is 10.1. The molecule has 5 nitrogen and oxygen atoms in total. The van der Waals surface area contributed by atoms with Crippen LogP contribution >= 0.6 is 0 Å². The fraction of sp³-hybridized carbons (Fsp3) is 0.727. The Morgan fingerprint density at radius 3 is 2.75 bits per heavy atom. The fourth-order valence-corrected chi connectivity index (χ4v) is 1.72. The number of hydrogen-bond acceptors (Lipinski definition) is 5. The molecule has 0 radical (unpaired) electrons. The summed E-state index contributed by atoms with van der Waals surface area (Å²) < 4.78 is 9.91. The number of aromatic nitrogens is 2. The van der Waals surface area contributed by atoms with Crippen LogP contribution in [0, 0.1) is 5.92 Å². The molecule has 0 aliphatic heterocycles. The van der Waals surface area contributed by atoms with Gasteiger partial charge in [-0.05, 0) is 18.8 Å². The number of carbonyl (C=O) groups excluding carboxylic acids is 1. The highest BCUT2D eigenvalue weighted by Crippen LogP contribution is 2.48. The number of carbonyl (C=O) groups is 1. The van der Waals surface area contributed by atoms with Gasteiger partial charge in [-0.25, -0.2) is 0 Å². The summed E-state index contributed by atoms with van der Waals surface area (Å²) >= 11 is 0. The average Bonchev–Trinajstić information content (AvgIpc) is 2.93. The van der Waals surface area contributed by atoms with Crippen molar-refractivity contribution in [3.63, 3.8) is 0 Å². The van der Waals surface area contributed by atoms with Crippen molar-refractivity contribution in [2.75, 3.05) is 7.11 Å². The minimum Gasteiger partial charge on any atom is -0.468 e. The minimum atomic E-state index is -0.642. The molecule has 1 aromatic heterocycles. The van der Waals surface area contributed by atoms with Crippen molar-refractivity contribution in [2.24, 2.45) is 5.92 Å². The maximum Gasteiger partial charge on any atom is 0.321 e. The summed E-state index contributed by atoms with van der Waals surface area (Å²) in [5.74, 6) is 1.28. The van der Waals surface area contributed by atoms with Crippen LogP contribution in [0.15, 0.2) is 4.52 Å². The third kappa shape index (κ3) is 1.81. The average molecular weight is 224 g/mol. The molecule has 1 aliphatic rings. The second-order valence-corrected chi connectivity index (χ2v) is 4.69. The van der Waals surface area contributed by atoms with Gasteiger partial charge in [0.1, 0.15) is 5.41 Å². The Hall–Kier alpha value is -1.39. The van der Waals surface area contributed by atoms with E-state index < -0.39 is 5.41 Å². The Labute approximate surface area is 94.2 Å². The van der Waals surface area contributed by atoms with Crippen molar-refractivity contribution >= 4 is 5.97 Å². The first-order chi connectivity index (χ1) is 7.58. The third-order valence-corrected chi connectivity index (χ3v) is 2.79. The van der Waals surface area contributed by atoms with E-state index in [1.165, 1.54) is 7.11 Å². The molecule has 1 heterocycles. The minimum absolute atomic E-state index is 0.271. The Balaban J connectivity index is 2.16. The quantitative estimate of drug-likeness (QED) is 0.724. The monoisotopic (exact) mass is 224 g/mol. The summed E-state index contributed by atoms with van der Waals surface area (Å²) in [7, 11) is 1.38. The van der Waals surface area contributed by atoms with Crippen LogP contribution in [-0.4, -0.2) is 23.2 Å². The van der Waals surface area contributed by atoms with Gasteiger partial charge in [0.05, 0.1) is 7.11 Å². The first-order valence-corrected chi connectivity index (χ1v) is 5.50. The van der Waals surface area contributed by atoms with Gasteiger partial charge in [0.25, 0.3) is 0 Å². The zero-order chi connectivity index (χ0) is 11.8. The van der Waals surface area contributed by atoms with Crippen molar-refractivity contribution < 1.29 is 14.1 Å². The Kier molecular flexibility index (Phi) is 2.69. The highest BCUT2D eigenvalue weighted by Gasteiger charge is 2.57.